The van der Waals surface area contributed by atoms with E-state index in [-0.39, 0.29) is 5.38 Å². The van der Waals surface area contributed by atoms with Crippen molar-refractivity contribution >= 4 is 38.9 Å². The number of ether oxygens (including phenoxy) is 1. The second-order valence-corrected chi connectivity index (χ2v) is 6.44. The molecule has 0 amide bonds. The highest BCUT2D eigenvalue weighted by Gasteiger charge is 2.20. The molecule has 1 atom stereocenters. The Labute approximate surface area is 131 Å². The molecule has 0 aliphatic heterocycles. The maximum atomic E-state index is 6.68. The van der Waals surface area contributed by atoms with Crippen LogP contribution in [0.1, 0.15) is 35.2 Å². The van der Waals surface area contributed by atoms with Crippen LogP contribution in [0.15, 0.2) is 34.1 Å². The standard InChI is InChI=1S/C15H16BrClOS/c1-3-10-7-8-19-15(10)14(17)12-9-11(16)5-6-13(12)18-4-2/h5-9,14H,3-4H2,1-2H3. The largest absolute Gasteiger partial charge is 0.494 e. The summed E-state index contributed by atoms with van der Waals surface area (Å²) >= 11 is 11.9. The Kier molecular flexibility index (Phi) is 5.31. The maximum Gasteiger partial charge on any atom is 0.124 e. The third kappa shape index (κ3) is 3.33. The minimum atomic E-state index is -0.158. The molecule has 0 spiro atoms. The predicted octanol–water partition coefficient (Wildman–Crippen LogP) is 5.80. The first-order valence-electron chi connectivity index (χ1n) is 6.29. The molecule has 0 N–H and O–H groups in total. The van der Waals surface area contributed by atoms with E-state index in [1.165, 1.54) is 10.4 Å². The Hall–Kier alpha value is -0.510. The van der Waals surface area contributed by atoms with Crippen molar-refractivity contribution in [3.63, 3.8) is 0 Å². The molecular formula is C15H16BrClOS. The van der Waals surface area contributed by atoms with Crippen LogP contribution >= 0.6 is 38.9 Å². The molecule has 1 heterocycles. The summed E-state index contributed by atoms with van der Waals surface area (Å²) in [5, 5.41) is 1.94. The summed E-state index contributed by atoms with van der Waals surface area (Å²) in [6.45, 7) is 4.78. The van der Waals surface area contributed by atoms with Gasteiger partial charge in [-0.1, -0.05) is 22.9 Å². The molecule has 1 unspecified atom stereocenters. The van der Waals surface area contributed by atoms with E-state index in [0.29, 0.717) is 6.61 Å². The summed E-state index contributed by atoms with van der Waals surface area (Å²) in [6, 6.07) is 8.14. The highest BCUT2D eigenvalue weighted by atomic mass is 79.9. The van der Waals surface area contributed by atoms with Crippen LogP contribution in [-0.4, -0.2) is 6.61 Å². The van der Waals surface area contributed by atoms with Gasteiger partial charge in [0.1, 0.15) is 5.75 Å². The number of benzene rings is 1. The van der Waals surface area contributed by atoms with Gasteiger partial charge in [-0.05, 0) is 48.6 Å². The molecule has 0 saturated carbocycles. The monoisotopic (exact) mass is 358 g/mol. The molecule has 2 rings (SSSR count). The number of rotatable bonds is 5. The smallest absolute Gasteiger partial charge is 0.124 e. The lowest BCUT2D eigenvalue weighted by Crippen LogP contribution is -2.00. The first-order chi connectivity index (χ1) is 9.17. The zero-order valence-electron chi connectivity index (χ0n) is 11.0. The van der Waals surface area contributed by atoms with Crippen LogP contribution < -0.4 is 4.74 Å². The molecule has 1 aromatic carbocycles. The van der Waals surface area contributed by atoms with Gasteiger partial charge < -0.3 is 4.74 Å². The van der Waals surface area contributed by atoms with Crippen LogP contribution in [-0.2, 0) is 6.42 Å². The van der Waals surface area contributed by atoms with Crippen molar-refractivity contribution in [2.45, 2.75) is 25.6 Å². The Morgan fingerprint density at radius 1 is 1.32 bits per heavy atom. The van der Waals surface area contributed by atoms with E-state index in [4.69, 9.17) is 16.3 Å². The first kappa shape index (κ1) is 14.9. The third-order valence-electron chi connectivity index (χ3n) is 2.94. The Balaban J connectivity index is 2.42. The van der Waals surface area contributed by atoms with Crippen molar-refractivity contribution < 1.29 is 4.74 Å². The van der Waals surface area contributed by atoms with Crippen LogP contribution in [0.25, 0.3) is 0 Å². The lowest BCUT2D eigenvalue weighted by Gasteiger charge is -2.16. The fourth-order valence-electron chi connectivity index (χ4n) is 2.01. The van der Waals surface area contributed by atoms with Gasteiger partial charge in [0.05, 0.1) is 12.0 Å². The van der Waals surface area contributed by atoms with E-state index in [0.717, 1.165) is 22.2 Å². The number of aryl methyl sites for hydroxylation is 1. The first-order valence-corrected chi connectivity index (χ1v) is 8.40. The third-order valence-corrected chi connectivity index (χ3v) is 5.04. The molecule has 19 heavy (non-hydrogen) atoms. The fourth-order valence-corrected chi connectivity index (χ4v) is 3.84. The Bertz CT molecular complexity index is 553. The number of alkyl halides is 1. The summed E-state index contributed by atoms with van der Waals surface area (Å²) in [5.74, 6) is 0.862. The lowest BCUT2D eigenvalue weighted by atomic mass is 10.1. The van der Waals surface area contributed by atoms with E-state index < -0.39 is 0 Å². The Morgan fingerprint density at radius 2 is 2.11 bits per heavy atom. The number of thiophene rings is 1. The summed E-state index contributed by atoms with van der Waals surface area (Å²) < 4.78 is 6.70. The van der Waals surface area contributed by atoms with Crippen LogP contribution in [0, 0.1) is 0 Å². The van der Waals surface area contributed by atoms with Gasteiger partial charge in [0, 0.05) is 14.9 Å². The predicted molar refractivity (Wildman–Crippen MR) is 86.7 cm³/mol. The summed E-state index contributed by atoms with van der Waals surface area (Å²) in [4.78, 5) is 1.21. The number of hydrogen-bond acceptors (Lipinski definition) is 2. The van der Waals surface area contributed by atoms with E-state index in [9.17, 15) is 0 Å². The molecule has 0 bridgehead atoms. The average Bonchev–Trinajstić information content (AvgIpc) is 2.88. The second-order valence-electron chi connectivity index (χ2n) is 4.14. The van der Waals surface area contributed by atoms with Crippen molar-refractivity contribution in [2.75, 3.05) is 6.61 Å². The van der Waals surface area contributed by atoms with E-state index in [2.05, 4.69) is 34.3 Å². The van der Waals surface area contributed by atoms with Crippen LogP contribution in [0.2, 0.25) is 0 Å². The molecule has 0 aliphatic rings. The van der Waals surface area contributed by atoms with E-state index in [1.54, 1.807) is 11.3 Å². The molecule has 2 aromatic rings. The molecule has 0 radical (unpaired) electrons. The van der Waals surface area contributed by atoms with Crippen molar-refractivity contribution in [3.8, 4) is 5.75 Å². The normalized spacial score (nSPS) is 12.4. The highest BCUT2D eigenvalue weighted by Crippen LogP contribution is 2.40. The number of halogens is 2. The van der Waals surface area contributed by atoms with Gasteiger partial charge in [0.15, 0.2) is 0 Å². The average molecular weight is 360 g/mol. The summed E-state index contributed by atoms with van der Waals surface area (Å²) in [6.07, 6.45) is 1.00. The van der Waals surface area contributed by atoms with E-state index in [1.807, 2.05) is 25.1 Å². The SMILES string of the molecule is CCOc1ccc(Br)cc1C(Cl)c1sccc1CC. The minimum absolute atomic E-state index is 0.158. The molecule has 4 heteroatoms. The van der Waals surface area contributed by atoms with Crippen molar-refractivity contribution in [1.29, 1.82) is 0 Å². The number of hydrogen-bond donors (Lipinski definition) is 0. The van der Waals surface area contributed by atoms with Crippen molar-refractivity contribution in [2.24, 2.45) is 0 Å². The Morgan fingerprint density at radius 3 is 2.79 bits per heavy atom. The summed E-state index contributed by atoms with van der Waals surface area (Å²) in [7, 11) is 0. The zero-order chi connectivity index (χ0) is 13.8. The van der Waals surface area contributed by atoms with Gasteiger partial charge in [-0.3, -0.25) is 0 Å². The topological polar surface area (TPSA) is 9.23 Å². The molecule has 0 saturated heterocycles. The molecule has 1 aromatic heterocycles. The molecule has 1 nitrogen and oxygen atoms in total. The van der Waals surface area contributed by atoms with Crippen molar-refractivity contribution in [3.05, 3.63) is 50.1 Å². The molecule has 102 valence electrons. The van der Waals surface area contributed by atoms with Gasteiger partial charge in [0.25, 0.3) is 0 Å². The van der Waals surface area contributed by atoms with Gasteiger partial charge in [-0.15, -0.1) is 22.9 Å². The van der Waals surface area contributed by atoms with Gasteiger partial charge >= 0.3 is 0 Å². The van der Waals surface area contributed by atoms with Gasteiger partial charge in [-0.2, -0.15) is 0 Å². The van der Waals surface area contributed by atoms with Crippen LogP contribution in [0.3, 0.4) is 0 Å². The maximum absolute atomic E-state index is 6.68. The van der Waals surface area contributed by atoms with Gasteiger partial charge in [0.2, 0.25) is 0 Å². The van der Waals surface area contributed by atoms with Gasteiger partial charge in [-0.25, -0.2) is 0 Å². The molecular weight excluding hydrogens is 344 g/mol. The van der Waals surface area contributed by atoms with Crippen molar-refractivity contribution in [1.82, 2.24) is 0 Å². The summed E-state index contributed by atoms with van der Waals surface area (Å²) in [5.41, 5.74) is 2.34. The fraction of sp³-hybridized carbons (Fsp3) is 0.333. The zero-order valence-corrected chi connectivity index (χ0v) is 14.1. The lowest BCUT2D eigenvalue weighted by molar-refractivity contribution is 0.337. The van der Waals surface area contributed by atoms with E-state index >= 15 is 0 Å². The van der Waals surface area contributed by atoms with Crippen LogP contribution in [0.4, 0.5) is 0 Å². The minimum Gasteiger partial charge on any atom is -0.494 e. The molecule has 0 aliphatic carbocycles. The molecule has 0 fully saturated rings. The second kappa shape index (κ2) is 6.78. The quantitative estimate of drug-likeness (QED) is 0.613. The van der Waals surface area contributed by atoms with Crippen LogP contribution in [0.5, 0.6) is 5.75 Å². The highest BCUT2D eigenvalue weighted by molar-refractivity contribution is 9.10.